The van der Waals surface area contributed by atoms with Crippen molar-refractivity contribution in [2.45, 2.75) is 19.7 Å². The maximum absolute atomic E-state index is 12.6. The van der Waals surface area contributed by atoms with Crippen LogP contribution < -0.4 is 4.74 Å². The van der Waals surface area contributed by atoms with Crippen molar-refractivity contribution in [2.75, 3.05) is 0 Å². The molecule has 0 aliphatic carbocycles. The van der Waals surface area contributed by atoms with Gasteiger partial charge in [0.05, 0.1) is 5.69 Å². The number of para-hydroxylation sites is 1. The number of ether oxygens (including phenoxy) is 1. The number of aryl methyl sites for hydroxylation is 1. The van der Waals surface area contributed by atoms with Gasteiger partial charge in [0.2, 0.25) is 4.96 Å². The third kappa shape index (κ3) is 3.24. The Kier molecular flexibility index (Phi) is 4.07. The Morgan fingerprint density at radius 1 is 1.15 bits per heavy atom. The molecule has 0 bridgehead atoms. The predicted molar refractivity (Wildman–Crippen MR) is 88.2 cm³/mol. The summed E-state index contributed by atoms with van der Waals surface area (Å²) in [7, 11) is 0. The highest BCUT2D eigenvalue weighted by molar-refractivity contribution is 7.16. The molecule has 0 unspecified atom stereocenters. The maximum Gasteiger partial charge on any atom is 0.573 e. The first kappa shape index (κ1) is 16.8. The molecule has 0 aliphatic heterocycles. The Morgan fingerprint density at radius 3 is 2.69 bits per heavy atom. The SMILES string of the molecule is Cc1nnsc1-c1nnc2sc(Cc3ccccc3OC(F)(F)F)nn12. The first-order valence-electron chi connectivity index (χ1n) is 7.25. The zero-order valence-corrected chi connectivity index (χ0v) is 14.7. The minimum absolute atomic E-state index is 0.180. The van der Waals surface area contributed by atoms with E-state index in [2.05, 4.69) is 29.6 Å². The molecule has 0 amide bonds. The highest BCUT2D eigenvalue weighted by Crippen LogP contribution is 2.30. The third-order valence-corrected chi connectivity index (χ3v) is 5.15. The topological polar surface area (TPSA) is 78.1 Å². The Balaban J connectivity index is 1.67. The first-order chi connectivity index (χ1) is 12.4. The number of aromatic nitrogens is 6. The van der Waals surface area contributed by atoms with Crippen molar-refractivity contribution in [3.8, 4) is 16.5 Å². The number of fused-ring (bicyclic) bond motifs is 1. The van der Waals surface area contributed by atoms with Gasteiger partial charge in [-0.3, -0.25) is 0 Å². The van der Waals surface area contributed by atoms with Crippen LogP contribution in [0.2, 0.25) is 0 Å². The summed E-state index contributed by atoms with van der Waals surface area (Å²) in [6.07, 6.45) is -4.57. The van der Waals surface area contributed by atoms with E-state index >= 15 is 0 Å². The normalized spacial score (nSPS) is 12.0. The van der Waals surface area contributed by atoms with E-state index in [9.17, 15) is 13.2 Å². The summed E-state index contributed by atoms with van der Waals surface area (Å²) in [5.41, 5.74) is 1.09. The molecule has 134 valence electrons. The molecule has 0 radical (unpaired) electrons. The van der Waals surface area contributed by atoms with Crippen LogP contribution in [0.3, 0.4) is 0 Å². The van der Waals surface area contributed by atoms with Crippen molar-refractivity contribution >= 4 is 27.8 Å². The molecule has 4 rings (SSSR count). The fourth-order valence-electron chi connectivity index (χ4n) is 2.34. The van der Waals surface area contributed by atoms with E-state index in [1.54, 1.807) is 23.6 Å². The van der Waals surface area contributed by atoms with Crippen molar-refractivity contribution in [3.63, 3.8) is 0 Å². The first-order valence-corrected chi connectivity index (χ1v) is 8.84. The van der Waals surface area contributed by atoms with Crippen molar-refractivity contribution in [2.24, 2.45) is 0 Å². The van der Waals surface area contributed by atoms with Crippen LogP contribution in [0.25, 0.3) is 15.7 Å². The van der Waals surface area contributed by atoms with Gasteiger partial charge in [-0.25, -0.2) is 0 Å². The van der Waals surface area contributed by atoms with Gasteiger partial charge in [-0.15, -0.1) is 28.5 Å². The number of rotatable bonds is 4. The fraction of sp³-hybridized carbons (Fsp3) is 0.214. The summed E-state index contributed by atoms with van der Waals surface area (Å²) < 4.78 is 47.2. The molecular formula is C14H9F3N6OS2. The monoisotopic (exact) mass is 398 g/mol. The molecule has 0 saturated heterocycles. The van der Waals surface area contributed by atoms with Crippen molar-refractivity contribution in [1.29, 1.82) is 0 Å². The van der Waals surface area contributed by atoms with E-state index in [-0.39, 0.29) is 12.2 Å². The quantitative estimate of drug-likeness (QED) is 0.524. The van der Waals surface area contributed by atoms with Gasteiger partial charge in [0, 0.05) is 12.0 Å². The van der Waals surface area contributed by atoms with Gasteiger partial charge in [0.15, 0.2) is 5.82 Å². The highest BCUT2D eigenvalue weighted by Gasteiger charge is 2.32. The summed E-state index contributed by atoms with van der Waals surface area (Å²) in [5, 5.41) is 17.1. The average molecular weight is 398 g/mol. The Morgan fingerprint density at radius 2 is 1.96 bits per heavy atom. The molecule has 3 heterocycles. The van der Waals surface area contributed by atoms with Gasteiger partial charge >= 0.3 is 6.36 Å². The number of halogens is 3. The third-order valence-electron chi connectivity index (χ3n) is 3.43. The molecule has 0 atom stereocenters. The minimum Gasteiger partial charge on any atom is -0.405 e. The van der Waals surface area contributed by atoms with Crippen LogP contribution >= 0.6 is 22.9 Å². The number of hydrogen-bond acceptors (Lipinski definition) is 8. The van der Waals surface area contributed by atoms with E-state index in [4.69, 9.17) is 0 Å². The molecule has 26 heavy (non-hydrogen) atoms. The number of alkyl halides is 3. The van der Waals surface area contributed by atoms with E-state index < -0.39 is 6.36 Å². The van der Waals surface area contributed by atoms with Gasteiger partial charge in [0.1, 0.15) is 15.6 Å². The second-order valence-corrected chi connectivity index (χ2v) is 7.03. The molecule has 1 aromatic carbocycles. The zero-order valence-electron chi connectivity index (χ0n) is 13.1. The van der Waals surface area contributed by atoms with Crippen LogP contribution in [0.1, 0.15) is 16.3 Å². The molecule has 0 saturated carbocycles. The van der Waals surface area contributed by atoms with Gasteiger partial charge in [-0.05, 0) is 24.5 Å². The maximum atomic E-state index is 12.6. The average Bonchev–Trinajstić information content (AvgIpc) is 3.23. The number of hydrogen-bond donors (Lipinski definition) is 0. The summed E-state index contributed by atoms with van der Waals surface area (Å²) in [5.74, 6) is 0.267. The van der Waals surface area contributed by atoms with Gasteiger partial charge in [0.25, 0.3) is 0 Å². The Labute approximate surface area is 152 Å². The minimum atomic E-state index is -4.75. The van der Waals surface area contributed by atoms with Gasteiger partial charge in [-0.2, -0.15) is 9.61 Å². The van der Waals surface area contributed by atoms with E-state index in [0.717, 1.165) is 4.88 Å². The smallest absolute Gasteiger partial charge is 0.405 e. The molecule has 0 spiro atoms. The Hall–Kier alpha value is -2.60. The second-order valence-electron chi connectivity index (χ2n) is 5.23. The van der Waals surface area contributed by atoms with E-state index in [1.165, 1.54) is 35.0 Å². The fourth-order valence-corrected chi connectivity index (χ4v) is 3.83. The predicted octanol–water partition coefficient (Wildman–Crippen LogP) is 3.50. The van der Waals surface area contributed by atoms with Gasteiger partial charge < -0.3 is 4.74 Å². The number of benzene rings is 1. The zero-order chi connectivity index (χ0) is 18.3. The lowest BCUT2D eigenvalue weighted by Gasteiger charge is -2.12. The number of nitrogens with zero attached hydrogens (tertiary/aromatic N) is 6. The Bertz CT molecular complexity index is 1070. The van der Waals surface area contributed by atoms with Crippen LogP contribution in [-0.2, 0) is 6.42 Å². The molecule has 0 N–H and O–H groups in total. The van der Waals surface area contributed by atoms with Crippen LogP contribution in [0.5, 0.6) is 5.75 Å². The molecule has 3 aromatic heterocycles. The lowest BCUT2D eigenvalue weighted by molar-refractivity contribution is -0.274. The van der Waals surface area contributed by atoms with Crippen LogP contribution in [-0.4, -0.2) is 35.8 Å². The molecule has 0 aliphatic rings. The van der Waals surface area contributed by atoms with Crippen LogP contribution in [0.15, 0.2) is 24.3 Å². The standard InChI is InChI=1S/C14H9F3N6OS2/c1-7-11(26-22-18-7)12-19-20-13-23(12)21-10(25-13)6-8-4-2-3-5-9(8)24-14(15,16)17/h2-5H,6H2,1H3. The van der Waals surface area contributed by atoms with E-state index in [1.807, 2.05) is 0 Å². The molecule has 4 aromatic rings. The second kappa shape index (κ2) is 6.29. The summed E-state index contributed by atoms with van der Waals surface area (Å²) >= 11 is 2.43. The van der Waals surface area contributed by atoms with Crippen LogP contribution in [0.4, 0.5) is 13.2 Å². The van der Waals surface area contributed by atoms with Crippen molar-refractivity contribution in [3.05, 3.63) is 40.5 Å². The highest BCUT2D eigenvalue weighted by atomic mass is 32.1. The summed E-state index contributed by atoms with van der Waals surface area (Å²) in [4.78, 5) is 1.28. The molecule has 7 nitrogen and oxygen atoms in total. The van der Waals surface area contributed by atoms with Crippen molar-refractivity contribution in [1.82, 2.24) is 29.4 Å². The summed E-state index contributed by atoms with van der Waals surface area (Å²) in [6, 6.07) is 5.99. The molecule has 12 heteroatoms. The molecular weight excluding hydrogens is 389 g/mol. The van der Waals surface area contributed by atoms with Gasteiger partial charge in [-0.1, -0.05) is 34.0 Å². The largest absolute Gasteiger partial charge is 0.573 e. The lowest BCUT2D eigenvalue weighted by atomic mass is 10.1. The van der Waals surface area contributed by atoms with E-state index in [0.29, 0.717) is 27.1 Å². The summed E-state index contributed by atoms with van der Waals surface area (Å²) in [6.45, 7) is 1.80. The lowest BCUT2D eigenvalue weighted by Crippen LogP contribution is -2.18. The molecule has 0 fully saturated rings. The van der Waals surface area contributed by atoms with Crippen molar-refractivity contribution < 1.29 is 17.9 Å². The van der Waals surface area contributed by atoms with Crippen LogP contribution in [0, 0.1) is 6.92 Å².